The van der Waals surface area contributed by atoms with Crippen LogP contribution in [0.2, 0.25) is 0 Å². The molecule has 0 spiro atoms. The Hall–Kier alpha value is -2.49. The lowest BCUT2D eigenvalue weighted by atomic mass is 9.96. The molecule has 0 aromatic heterocycles. The second-order valence-corrected chi connectivity index (χ2v) is 6.99. The smallest absolute Gasteiger partial charge is 0.261 e. The number of hydrogen-bond acceptors (Lipinski definition) is 3. The molecule has 140 valence electrons. The van der Waals surface area contributed by atoms with Gasteiger partial charge in [0.05, 0.1) is 13.2 Å². The van der Waals surface area contributed by atoms with Crippen molar-refractivity contribution in [2.45, 2.75) is 46.3 Å². The summed E-state index contributed by atoms with van der Waals surface area (Å²) in [5, 5.41) is 3.14. The number of hydrogen-bond donors (Lipinski definition) is 1. The zero-order valence-electron chi connectivity index (χ0n) is 16.3. The summed E-state index contributed by atoms with van der Waals surface area (Å²) in [6, 6.07) is 15.5. The van der Waals surface area contributed by atoms with Gasteiger partial charge in [-0.15, -0.1) is 0 Å². The number of carbonyl (C=O) groups excluding carboxylic acids is 1. The first-order valence-electron chi connectivity index (χ1n) is 9.07. The summed E-state index contributed by atoms with van der Waals surface area (Å²) < 4.78 is 11.1. The summed E-state index contributed by atoms with van der Waals surface area (Å²) in [5.41, 5.74) is 2.08. The molecular formula is C22H29NO3. The SMILES string of the molecule is COc1ccc(C(CC(C)C)NC(=O)C(C)Oc2ccccc2C)cc1. The maximum atomic E-state index is 12.7. The summed E-state index contributed by atoms with van der Waals surface area (Å²) >= 11 is 0. The van der Waals surface area contributed by atoms with E-state index in [4.69, 9.17) is 9.47 Å². The van der Waals surface area contributed by atoms with E-state index in [9.17, 15) is 4.79 Å². The second kappa shape index (κ2) is 9.27. The van der Waals surface area contributed by atoms with Gasteiger partial charge in [-0.2, -0.15) is 0 Å². The van der Waals surface area contributed by atoms with Crippen molar-refractivity contribution >= 4 is 5.91 Å². The molecule has 0 saturated heterocycles. The Morgan fingerprint density at radius 1 is 1.04 bits per heavy atom. The van der Waals surface area contributed by atoms with E-state index in [-0.39, 0.29) is 11.9 Å². The number of aryl methyl sites for hydroxylation is 1. The maximum Gasteiger partial charge on any atom is 0.261 e. The van der Waals surface area contributed by atoms with Gasteiger partial charge in [0, 0.05) is 0 Å². The fourth-order valence-corrected chi connectivity index (χ4v) is 2.81. The van der Waals surface area contributed by atoms with Crippen LogP contribution in [0, 0.1) is 12.8 Å². The van der Waals surface area contributed by atoms with Crippen LogP contribution < -0.4 is 14.8 Å². The van der Waals surface area contributed by atoms with Crippen LogP contribution >= 0.6 is 0 Å². The van der Waals surface area contributed by atoms with Crippen LogP contribution in [-0.2, 0) is 4.79 Å². The molecule has 4 heteroatoms. The summed E-state index contributed by atoms with van der Waals surface area (Å²) in [7, 11) is 1.65. The predicted molar refractivity (Wildman–Crippen MR) is 105 cm³/mol. The highest BCUT2D eigenvalue weighted by molar-refractivity contribution is 5.81. The van der Waals surface area contributed by atoms with Crippen molar-refractivity contribution in [2.24, 2.45) is 5.92 Å². The number of carbonyl (C=O) groups is 1. The van der Waals surface area contributed by atoms with Gasteiger partial charge in [-0.3, -0.25) is 4.79 Å². The molecule has 0 fully saturated rings. The van der Waals surface area contributed by atoms with Gasteiger partial charge in [0.25, 0.3) is 5.91 Å². The van der Waals surface area contributed by atoms with Gasteiger partial charge in [0.1, 0.15) is 11.5 Å². The average molecular weight is 355 g/mol. The minimum atomic E-state index is -0.566. The third-order valence-corrected chi connectivity index (χ3v) is 4.31. The van der Waals surface area contributed by atoms with Crippen LogP contribution in [-0.4, -0.2) is 19.1 Å². The molecule has 0 heterocycles. The quantitative estimate of drug-likeness (QED) is 0.748. The molecule has 0 aliphatic rings. The Labute approximate surface area is 156 Å². The highest BCUT2D eigenvalue weighted by Gasteiger charge is 2.21. The lowest BCUT2D eigenvalue weighted by Gasteiger charge is -2.24. The van der Waals surface area contributed by atoms with E-state index in [1.807, 2.05) is 55.5 Å². The molecule has 2 aromatic carbocycles. The molecular weight excluding hydrogens is 326 g/mol. The first-order valence-corrected chi connectivity index (χ1v) is 9.07. The first kappa shape index (κ1) is 19.8. The number of benzene rings is 2. The van der Waals surface area contributed by atoms with Gasteiger partial charge < -0.3 is 14.8 Å². The predicted octanol–water partition coefficient (Wildman–Crippen LogP) is 4.67. The third-order valence-electron chi connectivity index (χ3n) is 4.31. The van der Waals surface area contributed by atoms with Crippen molar-refractivity contribution < 1.29 is 14.3 Å². The second-order valence-electron chi connectivity index (χ2n) is 6.99. The molecule has 2 unspecified atom stereocenters. The largest absolute Gasteiger partial charge is 0.497 e. The Kier molecular flexibility index (Phi) is 7.07. The Morgan fingerprint density at radius 2 is 1.69 bits per heavy atom. The van der Waals surface area contributed by atoms with E-state index in [0.717, 1.165) is 29.0 Å². The van der Waals surface area contributed by atoms with E-state index in [2.05, 4.69) is 19.2 Å². The van der Waals surface area contributed by atoms with E-state index >= 15 is 0 Å². The van der Waals surface area contributed by atoms with Crippen molar-refractivity contribution in [3.05, 3.63) is 59.7 Å². The van der Waals surface area contributed by atoms with Crippen LogP contribution in [0.1, 0.15) is 44.4 Å². The maximum absolute atomic E-state index is 12.7. The molecule has 2 atom stereocenters. The van der Waals surface area contributed by atoms with Gasteiger partial charge in [0.15, 0.2) is 6.10 Å². The molecule has 2 aromatic rings. The Bertz CT molecular complexity index is 710. The number of ether oxygens (including phenoxy) is 2. The van der Waals surface area contributed by atoms with Crippen molar-refractivity contribution in [1.29, 1.82) is 0 Å². The standard InChI is InChI=1S/C22H29NO3/c1-15(2)14-20(18-10-12-19(25-5)13-11-18)23-22(24)17(4)26-21-9-7-6-8-16(21)3/h6-13,15,17,20H,14H2,1-5H3,(H,23,24). The minimum absolute atomic E-state index is 0.0590. The summed E-state index contributed by atoms with van der Waals surface area (Å²) in [6.45, 7) is 8.05. The molecule has 0 saturated carbocycles. The van der Waals surface area contributed by atoms with Crippen LogP contribution in [0.3, 0.4) is 0 Å². The molecule has 2 rings (SSSR count). The van der Waals surface area contributed by atoms with Gasteiger partial charge >= 0.3 is 0 Å². The lowest BCUT2D eigenvalue weighted by Crippen LogP contribution is -2.39. The Morgan fingerprint density at radius 3 is 2.27 bits per heavy atom. The summed E-state index contributed by atoms with van der Waals surface area (Å²) in [5.74, 6) is 1.88. The van der Waals surface area contributed by atoms with Crippen LogP contribution in [0.5, 0.6) is 11.5 Å². The van der Waals surface area contributed by atoms with Gasteiger partial charge in [-0.25, -0.2) is 0 Å². The number of amides is 1. The van der Waals surface area contributed by atoms with Gasteiger partial charge in [-0.05, 0) is 55.5 Å². The molecule has 0 aliphatic carbocycles. The molecule has 0 bridgehead atoms. The number of nitrogens with one attached hydrogen (secondary N) is 1. The fraction of sp³-hybridized carbons (Fsp3) is 0.409. The molecule has 0 aliphatic heterocycles. The van der Waals surface area contributed by atoms with Crippen molar-refractivity contribution in [3.8, 4) is 11.5 Å². The molecule has 26 heavy (non-hydrogen) atoms. The molecule has 1 amide bonds. The lowest BCUT2D eigenvalue weighted by molar-refractivity contribution is -0.128. The molecule has 0 radical (unpaired) electrons. The van der Waals surface area contributed by atoms with E-state index in [0.29, 0.717) is 5.92 Å². The van der Waals surface area contributed by atoms with Crippen LogP contribution in [0.15, 0.2) is 48.5 Å². The third kappa shape index (κ3) is 5.51. The highest BCUT2D eigenvalue weighted by Crippen LogP contribution is 2.24. The molecule has 1 N–H and O–H groups in total. The summed E-state index contributed by atoms with van der Waals surface area (Å²) in [4.78, 5) is 12.7. The first-order chi connectivity index (χ1) is 12.4. The number of methoxy groups -OCH3 is 1. The highest BCUT2D eigenvalue weighted by atomic mass is 16.5. The van der Waals surface area contributed by atoms with E-state index in [1.165, 1.54) is 0 Å². The van der Waals surface area contributed by atoms with Gasteiger partial charge in [0.2, 0.25) is 0 Å². The van der Waals surface area contributed by atoms with Crippen LogP contribution in [0.25, 0.3) is 0 Å². The van der Waals surface area contributed by atoms with Crippen molar-refractivity contribution in [3.63, 3.8) is 0 Å². The number of rotatable bonds is 8. The number of para-hydroxylation sites is 1. The average Bonchev–Trinajstić information content (AvgIpc) is 2.62. The minimum Gasteiger partial charge on any atom is -0.497 e. The fourth-order valence-electron chi connectivity index (χ4n) is 2.81. The van der Waals surface area contributed by atoms with Gasteiger partial charge in [-0.1, -0.05) is 44.2 Å². The monoisotopic (exact) mass is 355 g/mol. The van der Waals surface area contributed by atoms with E-state index < -0.39 is 6.10 Å². The molecule has 4 nitrogen and oxygen atoms in total. The Balaban J connectivity index is 2.08. The topological polar surface area (TPSA) is 47.6 Å². The summed E-state index contributed by atoms with van der Waals surface area (Å²) in [6.07, 6.45) is 0.291. The van der Waals surface area contributed by atoms with E-state index in [1.54, 1.807) is 14.0 Å². The van der Waals surface area contributed by atoms with Crippen LogP contribution in [0.4, 0.5) is 0 Å². The van der Waals surface area contributed by atoms with Crippen molar-refractivity contribution in [2.75, 3.05) is 7.11 Å². The zero-order valence-corrected chi connectivity index (χ0v) is 16.3. The normalized spacial score (nSPS) is 13.2. The van der Waals surface area contributed by atoms with Crippen molar-refractivity contribution in [1.82, 2.24) is 5.32 Å². The zero-order chi connectivity index (χ0) is 19.1.